The molecule has 0 aliphatic heterocycles. The van der Waals surface area contributed by atoms with Crippen LogP contribution < -0.4 is 14.2 Å². The molecule has 0 saturated carbocycles. The summed E-state index contributed by atoms with van der Waals surface area (Å²) in [6.45, 7) is 32.7. The van der Waals surface area contributed by atoms with Gasteiger partial charge in [-0.1, -0.05) is 164 Å². The van der Waals surface area contributed by atoms with Gasteiger partial charge in [0.1, 0.15) is 29.3 Å². The average Bonchev–Trinajstić information content (AvgIpc) is 3.66. The Morgan fingerprint density at radius 3 is 1.36 bits per heavy atom. The molecular formula is C77H104Br2O5Zn. The summed E-state index contributed by atoms with van der Waals surface area (Å²) >= 11 is 7.58. The third-order valence-corrected chi connectivity index (χ3v) is 17.5. The first-order valence-electron chi connectivity index (χ1n) is 30.7. The van der Waals surface area contributed by atoms with Crippen molar-refractivity contribution in [2.45, 2.75) is 208 Å². The molecule has 0 unspecified atom stereocenters. The molecule has 5 nitrogen and oxygen atoms in total. The fourth-order valence-electron chi connectivity index (χ4n) is 12.1. The van der Waals surface area contributed by atoms with Crippen LogP contribution in [0.3, 0.4) is 0 Å². The van der Waals surface area contributed by atoms with Gasteiger partial charge in [0, 0.05) is 5.56 Å². The SMILES string of the molecule is CC1(C)CCCc2c(C=O)cccc21.CC1(C)CCCc2c(O)cccc21.COc1cccc2c1CCCC2(C)C.COc1ccccc1Br.COc1ccccc1CCC=C(C)C.Cc1cccc2c1CCCC2(C)C.[CH2-]CC=C(C)C.[Zn+][Br]. The van der Waals surface area contributed by atoms with Crippen molar-refractivity contribution in [3.05, 3.63) is 217 Å². The Hall–Kier alpha value is -4.75. The van der Waals surface area contributed by atoms with Gasteiger partial charge in [-0.25, -0.2) is 0 Å². The van der Waals surface area contributed by atoms with Crippen molar-refractivity contribution in [2.24, 2.45) is 0 Å². The number of methoxy groups -OCH3 is 3. The molecule has 0 fully saturated rings. The molecule has 0 amide bonds. The van der Waals surface area contributed by atoms with E-state index in [2.05, 4.69) is 199 Å². The summed E-state index contributed by atoms with van der Waals surface area (Å²) in [5, 5.41) is 9.69. The Balaban J connectivity index is 0.000000262. The number of carbonyl (C=O) groups excluding carboxylic acids is 1. The second-order valence-electron chi connectivity index (χ2n) is 25.7. The van der Waals surface area contributed by atoms with E-state index in [0.29, 0.717) is 16.6 Å². The van der Waals surface area contributed by atoms with Crippen molar-refractivity contribution in [3.8, 4) is 23.0 Å². The van der Waals surface area contributed by atoms with Gasteiger partial charge in [0.2, 0.25) is 0 Å². The van der Waals surface area contributed by atoms with E-state index in [1.807, 2.05) is 54.6 Å². The number of allylic oxidation sites excluding steroid dienone is 4. The van der Waals surface area contributed by atoms with E-state index in [1.54, 1.807) is 38.5 Å². The number of rotatable bonds is 8. The van der Waals surface area contributed by atoms with Crippen LogP contribution in [0.5, 0.6) is 23.0 Å². The predicted octanol–water partition coefficient (Wildman–Crippen LogP) is 22.1. The Bertz CT molecular complexity index is 2960. The minimum atomic E-state index is 0.242. The van der Waals surface area contributed by atoms with Gasteiger partial charge >= 0.3 is 30.0 Å². The van der Waals surface area contributed by atoms with Gasteiger partial charge in [-0.2, -0.15) is 6.42 Å². The number of benzene rings is 6. The van der Waals surface area contributed by atoms with E-state index in [0.717, 1.165) is 65.7 Å². The molecule has 10 rings (SSSR count). The van der Waals surface area contributed by atoms with Gasteiger partial charge < -0.3 is 26.2 Å². The Morgan fingerprint density at radius 2 is 0.918 bits per heavy atom. The Morgan fingerprint density at radius 1 is 0.518 bits per heavy atom. The molecule has 4 aliphatic carbocycles. The van der Waals surface area contributed by atoms with Crippen molar-refractivity contribution >= 4 is 35.8 Å². The van der Waals surface area contributed by atoms with E-state index in [-0.39, 0.29) is 10.8 Å². The van der Waals surface area contributed by atoms with E-state index in [9.17, 15) is 9.90 Å². The molecular weight excluding hydrogens is 1230 g/mol. The van der Waals surface area contributed by atoms with E-state index >= 15 is 0 Å². The zero-order valence-corrected chi connectivity index (χ0v) is 61.3. The van der Waals surface area contributed by atoms with Gasteiger partial charge in [0.25, 0.3) is 0 Å². The molecule has 0 atom stereocenters. The first-order valence-corrected chi connectivity index (χ1v) is 38.5. The van der Waals surface area contributed by atoms with Crippen LogP contribution in [0.4, 0.5) is 0 Å². The number of ether oxygens (including phenoxy) is 3. The van der Waals surface area contributed by atoms with Gasteiger partial charge in [-0.05, 0) is 248 Å². The number of fused-ring (bicyclic) bond motifs is 4. The van der Waals surface area contributed by atoms with Gasteiger partial charge in [0.05, 0.1) is 25.8 Å². The second-order valence-corrected chi connectivity index (χ2v) is 26.5. The molecule has 6 aromatic carbocycles. The molecule has 0 saturated heterocycles. The molecule has 0 heterocycles. The number of hydrogen-bond acceptors (Lipinski definition) is 5. The van der Waals surface area contributed by atoms with Crippen LogP contribution in [-0.2, 0) is 70.1 Å². The molecule has 6 aromatic rings. The van der Waals surface area contributed by atoms with E-state index in [4.69, 9.17) is 14.2 Å². The van der Waals surface area contributed by atoms with Crippen LogP contribution >= 0.6 is 29.6 Å². The second kappa shape index (κ2) is 37.2. The first kappa shape index (κ1) is 74.5. The van der Waals surface area contributed by atoms with Crippen LogP contribution in [0.2, 0.25) is 0 Å². The number of phenols is 1. The normalized spacial score (nSPS) is 15.4. The van der Waals surface area contributed by atoms with Crippen LogP contribution in [0.25, 0.3) is 0 Å². The summed E-state index contributed by atoms with van der Waals surface area (Å²) in [4.78, 5) is 10.9. The summed E-state index contributed by atoms with van der Waals surface area (Å²) < 4.78 is 16.7. The summed E-state index contributed by atoms with van der Waals surface area (Å²) in [5.74, 6) is 3.41. The number of carbonyl (C=O) groups is 1. The van der Waals surface area contributed by atoms with Crippen LogP contribution in [0.15, 0.2) is 149 Å². The van der Waals surface area contributed by atoms with Gasteiger partial charge in [-0.3, -0.25) is 4.79 Å². The third kappa shape index (κ3) is 23.4. The minimum absolute atomic E-state index is 0.242. The summed E-state index contributed by atoms with van der Waals surface area (Å²) in [5.41, 5.74) is 18.8. The van der Waals surface area contributed by atoms with Crippen LogP contribution in [0.1, 0.15) is 213 Å². The van der Waals surface area contributed by atoms with Crippen molar-refractivity contribution in [2.75, 3.05) is 21.3 Å². The number of halogens is 2. The fourth-order valence-corrected chi connectivity index (χ4v) is 12.6. The van der Waals surface area contributed by atoms with Crippen molar-refractivity contribution in [1.82, 2.24) is 0 Å². The zero-order valence-electron chi connectivity index (χ0n) is 55.1. The quantitative estimate of drug-likeness (QED) is 0.0712. The van der Waals surface area contributed by atoms with Crippen molar-refractivity contribution in [3.63, 3.8) is 0 Å². The summed E-state index contributed by atoms with van der Waals surface area (Å²) in [6, 6.07) is 41.1. The van der Waals surface area contributed by atoms with E-state index < -0.39 is 0 Å². The number of phenolic OH excluding ortho intramolecular Hbond substituents is 1. The van der Waals surface area contributed by atoms with Crippen LogP contribution in [0, 0.1) is 13.8 Å². The molecule has 0 spiro atoms. The maximum atomic E-state index is 10.9. The molecule has 8 heteroatoms. The monoisotopic (exact) mass is 1330 g/mol. The fraction of sp³-hybridized carbons (Fsp3) is 0.455. The molecule has 0 bridgehead atoms. The molecule has 0 aromatic heterocycles. The number of aromatic hydroxyl groups is 1. The first-order chi connectivity index (χ1) is 40.4. The molecule has 0 radical (unpaired) electrons. The Labute approximate surface area is 541 Å². The standard InChI is InChI=1S/C13H18O.C13H16O.C13H18O.C13H18.C12H16O.C7H7BrO.C6H11.BrH.Zn/c1-13(2)9-5-6-10-11(13)7-4-8-12(10)14-3;1-13(2)8-4-6-11-10(9-14)5-3-7-12(11)13;1-11(2)7-6-9-12-8-4-5-10-13(12)14-3;1-10-6-4-8-12-11(10)7-5-9-13(12,2)3;1-12(2)8-4-5-9-10(12)6-3-7-11(9)13;1-9-7-5-3-2-4-6(7)8;1-4-5-6(2)3;;/h4,7-8H,5-6,9H2,1-3H3;3,5,7,9H,4,6,8H2,1-2H3;4-5,7-8,10H,6,9H2,1-3H3;4,6,8H,5,7,9H2,1-3H3;3,6-7,13H,4-5,8H2,1-2H3;2-5H,1H3;5H,1,4H2,2-3H3;1H;/q;;;;;;-1;;+2/p-1. The number of para-hydroxylation sites is 2. The van der Waals surface area contributed by atoms with E-state index in [1.165, 1.54) is 136 Å². The maximum absolute atomic E-state index is 10.9. The predicted molar refractivity (Wildman–Crippen MR) is 368 cm³/mol. The van der Waals surface area contributed by atoms with Crippen LogP contribution in [-0.4, -0.2) is 32.7 Å². The van der Waals surface area contributed by atoms with Gasteiger partial charge in [-0.15, -0.1) is 6.08 Å². The zero-order chi connectivity index (χ0) is 63.4. The number of aryl methyl sites for hydroxylation is 2. The molecule has 1 N–H and O–H groups in total. The summed E-state index contributed by atoms with van der Waals surface area (Å²) in [6.07, 6.45) is 23.0. The molecule has 85 heavy (non-hydrogen) atoms. The van der Waals surface area contributed by atoms with Crippen molar-refractivity contribution in [1.29, 1.82) is 0 Å². The Kier molecular flexibility index (Phi) is 32.6. The number of aldehydes is 1. The number of hydrogen-bond donors (Lipinski definition) is 1. The van der Waals surface area contributed by atoms with Gasteiger partial charge in [0.15, 0.2) is 0 Å². The summed E-state index contributed by atoms with van der Waals surface area (Å²) in [7, 11) is 5.14. The molecule has 4 aliphatic rings. The third-order valence-electron chi connectivity index (χ3n) is 16.9. The topological polar surface area (TPSA) is 65.0 Å². The van der Waals surface area contributed by atoms with Crippen molar-refractivity contribution < 1.29 is 40.5 Å². The molecule has 458 valence electrons. The average molecular weight is 1330 g/mol.